The smallest absolute Gasteiger partial charge is 0.246 e. The lowest BCUT2D eigenvalue weighted by Crippen LogP contribution is -2.47. The van der Waals surface area contributed by atoms with Gasteiger partial charge in [-0.25, -0.2) is 13.1 Å². The molecule has 2 amide bonds. The van der Waals surface area contributed by atoms with E-state index >= 15 is 0 Å². The number of likely N-dealkylation sites (tertiary alicyclic amines) is 1. The van der Waals surface area contributed by atoms with Gasteiger partial charge < -0.3 is 14.6 Å². The number of carbonyl (C=O) groups excluding carboxylic acids is 2. The molecular weight excluding hydrogens is 466 g/mol. The van der Waals surface area contributed by atoms with Crippen LogP contribution in [0.4, 0.5) is 0 Å². The molecule has 1 aliphatic carbocycles. The minimum atomic E-state index is -3.67. The number of hydrogen-bond acceptors (Lipinski definition) is 5. The number of carbonyl (C=O) groups is 2. The molecule has 0 bridgehead atoms. The zero-order valence-electron chi connectivity index (χ0n) is 19.8. The molecule has 2 fully saturated rings. The highest BCUT2D eigenvalue weighted by Gasteiger charge is 2.29. The standard InChI is InChI=1S/C26H33N3O5S/c30-25(29-16-4-6-21(19-29)26(31)28-22-7-2-1-3-8-22)15-12-20-10-13-24(14-11-20)35(32,33)27-18-23-9-5-17-34-23/h5,9-15,17,21-22,27H,1-4,6-8,16,18-19H2,(H,28,31)/b15-12+. The first-order valence-corrected chi connectivity index (χ1v) is 13.8. The maximum atomic E-state index is 12.7. The highest BCUT2D eigenvalue weighted by Crippen LogP contribution is 2.21. The first kappa shape index (κ1) is 25.2. The van der Waals surface area contributed by atoms with E-state index in [0.29, 0.717) is 24.4 Å². The van der Waals surface area contributed by atoms with Gasteiger partial charge in [0.15, 0.2) is 0 Å². The van der Waals surface area contributed by atoms with Crippen LogP contribution in [-0.4, -0.2) is 44.3 Å². The van der Waals surface area contributed by atoms with Gasteiger partial charge >= 0.3 is 0 Å². The molecule has 1 aliphatic heterocycles. The summed E-state index contributed by atoms with van der Waals surface area (Å²) in [5.41, 5.74) is 0.715. The lowest BCUT2D eigenvalue weighted by molar-refractivity contribution is -0.132. The molecule has 2 heterocycles. The van der Waals surface area contributed by atoms with E-state index in [1.807, 2.05) is 0 Å². The van der Waals surface area contributed by atoms with Gasteiger partial charge in [0.1, 0.15) is 5.76 Å². The Bertz CT molecular complexity index is 1120. The summed E-state index contributed by atoms with van der Waals surface area (Å²) in [6.07, 6.45) is 11.9. The van der Waals surface area contributed by atoms with E-state index in [9.17, 15) is 18.0 Å². The van der Waals surface area contributed by atoms with Crippen LogP contribution in [0, 0.1) is 5.92 Å². The zero-order valence-corrected chi connectivity index (χ0v) is 20.6. The summed E-state index contributed by atoms with van der Waals surface area (Å²) >= 11 is 0. The second kappa shape index (κ2) is 11.7. The minimum Gasteiger partial charge on any atom is -0.468 e. The number of rotatable bonds is 8. The van der Waals surface area contributed by atoms with Gasteiger partial charge in [0.2, 0.25) is 21.8 Å². The predicted octanol–water partition coefficient (Wildman–Crippen LogP) is 3.46. The zero-order chi connectivity index (χ0) is 24.7. The van der Waals surface area contributed by atoms with E-state index in [-0.39, 0.29) is 35.2 Å². The van der Waals surface area contributed by atoms with Crippen LogP contribution in [0.25, 0.3) is 6.08 Å². The fraction of sp³-hybridized carbons (Fsp3) is 0.462. The van der Waals surface area contributed by atoms with Crippen molar-refractivity contribution >= 4 is 27.9 Å². The third kappa shape index (κ3) is 7.05. The fourth-order valence-electron chi connectivity index (χ4n) is 4.65. The van der Waals surface area contributed by atoms with Crippen LogP contribution in [0.1, 0.15) is 56.3 Å². The first-order valence-electron chi connectivity index (χ1n) is 12.3. The SMILES string of the molecule is O=C(NC1CCCCC1)C1CCCN(C(=O)/C=C/c2ccc(S(=O)(=O)NCc3ccco3)cc2)C1. The van der Waals surface area contributed by atoms with Crippen molar-refractivity contribution in [2.75, 3.05) is 13.1 Å². The summed E-state index contributed by atoms with van der Waals surface area (Å²) in [6.45, 7) is 1.14. The Morgan fingerprint density at radius 2 is 1.80 bits per heavy atom. The Labute approximate surface area is 206 Å². The van der Waals surface area contributed by atoms with Gasteiger partial charge in [0, 0.05) is 25.2 Å². The van der Waals surface area contributed by atoms with Crippen molar-refractivity contribution in [1.29, 1.82) is 0 Å². The second-order valence-corrected chi connectivity index (χ2v) is 11.0. The quantitative estimate of drug-likeness (QED) is 0.541. The molecule has 1 aromatic heterocycles. The number of hydrogen-bond donors (Lipinski definition) is 2. The lowest BCUT2D eigenvalue weighted by Gasteiger charge is -2.33. The van der Waals surface area contributed by atoms with Crippen LogP contribution in [0.2, 0.25) is 0 Å². The van der Waals surface area contributed by atoms with E-state index in [4.69, 9.17) is 4.42 Å². The van der Waals surface area contributed by atoms with E-state index in [2.05, 4.69) is 10.0 Å². The van der Waals surface area contributed by atoms with Gasteiger partial charge in [0.25, 0.3) is 0 Å². The summed E-state index contributed by atoms with van der Waals surface area (Å²) in [5.74, 6) is 0.284. The van der Waals surface area contributed by atoms with Crippen molar-refractivity contribution in [1.82, 2.24) is 14.9 Å². The number of piperidine rings is 1. The molecule has 4 rings (SSSR count). The highest BCUT2D eigenvalue weighted by atomic mass is 32.2. The van der Waals surface area contributed by atoms with Crippen LogP contribution in [-0.2, 0) is 26.2 Å². The largest absolute Gasteiger partial charge is 0.468 e. The van der Waals surface area contributed by atoms with E-state index in [1.54, 1.807) is 35.2 Å². The summed E-state index contributed by atoms with van der Waals surface area (Å²) < 4.78 is 32.6. The van der Waals surface area contributed by atoms with Crippen molar-refractivity contribution in [3.05, 3.63) is 60.1 Å². The molecule has 2 aliphatic rings. The average molecular weight is 500 g/mol. The van der Waals surface area contributed by atoms with Crippen LogP contribution >= 0.6 is 0 Å². The number of amides is 2. The lowest BCUT2D eigenvalue weighted by atomic mass is 9.93. The molecule has 35 heavy (non-hydrogen) atoms. The minimum absolute atomic E-state index is 0.0656. The molecule has 1 unspecified atom stereocenters. The van der Waals surface area contributed by atoms with Crippen LogP contribution in [0.15, 0.2) is 58.1 Å². The van der Waals surface area contributed by atoms with Crippen molar-refractivity contribution in [2.45, 2.75) is 62.4 Å². The van der Waals surface area contributed by atoms with Crippen molar-refractivity contribution in [3.63, 3.8) is 0 Å². The third-order valence-electron chi connectivity index (χ3n) is 6.68. The second-order valence-electron chi connectivity index (χ2n) is 9.27. The van der Waals surface area contributed by atoms with E-state index in [0.717, 1.165) is 25.7 Å². The Kier molecular flexibility index (Phi) is 8.41. The third-order valence-corrected chi connectivity index (χ3v) is 8.10. The van der Waals surface area contributed by atoms with Gasteiger partial charge in [-0.1, -0.05) is 31.4 Å². The number of nitrogens with one attached hydrogen (secondary N) is 2. The number of sulfonamides is 1. The van der Waals surface area contributed by atoms with Crippen molar-refractivity contribution < 1.29 is 22.4 Å². The summed E-state index contributed by atoms with van der Waals surface area (Å²) in [5, 5.41) is 3.19. The summed E-state index contributed by atoms with van der Waals surface area (Å²) in [4.78, 5) is 27.3. The Morgan fingerprint density at radius 1 is 1.03 bits per heavy atom. The maximum Gasteiger partial charge on any atom is 0.246 e. The Balaban J connectivity index is 1.29. The van der Waals surface area contributed by atoms with Crippen molar-refractivity contribution in [3.8, 4) is 0 Å². The van der Waals surface area contributed by atoms with Crippen LogP contribution in [0.5, 0.6) is 0 Å². The molecule has 2 N–H and O–H groups in total. The topological polar surface area (TPSA) is 109 Å². The van der Waals surface area contributed by atoms with Gasteiger partial charge in [0.05, 0.1) is 23.6 Å². The average Bonchev–Trinajstić information content (AvgIpc) is 3.41. The first-order chi connectivity index (χ1) is 16.9. The molecular formula is C26H33N3O5S. The van der Waals surface area contributed by atoms with Crippen molar-refractivity contribution in [2.24, 2.45) is 5.92 Å². The monoisotopic (exact) mass is 499 g/mol. The molecule has 1 saturated heterocycles. The maximum absolute atomic E-state index is 12.7. The molecule has 1 atom stereocenters. The highest BCUT2D eigenvalue weighted by molar-refractivity contribution is 7.89. The van der Waals surface area contributed by atoms with Gasteiger partial charge in [-0.05, 0) is 61.6 Å². The normalized spacial score (nSPS) is 19.7. The summed E-state index contributed by atoms with van der Waals surface area (Å²) in [7, 11) is -3.67. The number of benzene rings is 1. The van der Waals surface area contributed by atoms with E-state index in [1.165, 1.54) is 43.7 Å². The molecule has 2 aromatic rings. The molecule has 1 aromatic carbocycles. The molecule has 0 spiro atoms. The molecule has 0 radical (unpaired) electrons. The molecule has 8 nitrogen and oxygen atoms in total. The predicted molar refractivity (Wildman–Crippen MR) is 133 cm³/mol. The Hall–Kier alpha value is -2.91. The molecule has 1 saturated carbocycles. The number of furan rings is 1. The fourth-order valence-corrected chi connectivity index (χ4v) is 5.64. The van der Waals surface area contributed by atoms with Gasteiger partial charge in [-0.3, -0.25) is 9.59 Å². The summed E-state index contributed by atoms with van der Waals surface area (Å²) in [6, 6.07) is 9.98. The molecule has 9 heteroatoms. The van der Waals surface area contributed by atoms with Gasteiger partial charge in [-0.15, -0.1) is 0 Å². The van der Waals surface area contributed by atoms with E-state index < -0.39 is 10.0 Å². The number of nitrogens with zero attached hydrogens (tertiary/aromatic N) is 1. The van der Waals surface area contributed by atoms with Gasteiger partial charge in [-0.2, -0.15) is 0 Å². The molecule has 188 valence electrons. The van der Waals surface area contributed by atoms with Crippen LogP contribution < -0.4 is 10.0 Å². The Morgan fingerprint density at radius 3 is 2.51 bits per heavy atom. The van der Waals surface area contributed by atoms with Crippen LogP contribution in [0.3, 0.4) is 0 Å².